The Hall–Kier alpha value is -1.95. The van der Waals surface area contributed by atoms with Gasteiger partial charge in [0.05, 0.1) is 23.6 Å². The van der Waals surface area contributed by atoms with Crippen LogP contribution in [0.15, 0.2) is 24.3 Å². The van der Waals surface area contributed by atoms with Gasteiger partial charge in [-0.05, 0) is 26.0 Å². The molecule has 6 heteroatoms. The van der Waals surface area contributed by atoms with Crippen molar-refractivity contribution in [1.82, 2.24) is 0 Å². The van der Waals surface area contributed by atoms with Gasteiger partial charge in [0.2, 0.25) is 0 Å². The summed E-state index contributed by atoms with van der Waals surface area (Å²) in [4.78, 5) is 22.3. The molecular formula is C15H21N2O4+. The molecule has 21 heavy (non-hydrogen) atoms. The van der Waals surface area contributed by atoms with E-state index in [0.717, 1.165) is 25.9 Å². The fourth-order valence-corrected chi connectivity index (χ4v) is 2.72. The molecule has 1 aliphatic heterocycles. The Morgan fingerprint density at radius 1 is 1.29 bits per heavy atom. The van der Waals surface area contributed by atoms with Gasteiger partial charge in [0, 0.05) is 30.9 Å². The summed E-state index contributed by atoms with van der Waals surface area (Å²) in [5.74, 6) is -0.0750. The van der Waals surface area contributed by atoms with Gasteiger partial charge in [-0.15, -0.1) is 0 Å². The van der Waals surface area contributed by atoms with E-state index in [2.05, 4.69) is 5.32 Å². The number of esters is 1. The van der Waals surface area contributed by atoms with Crippen LogP contribution in [-0.4, -0.2) is 29.6 Å². The van der Waals surface area contributed by atoms with Crippen LogP contribution >= 0.6 is 0 Å². The number of ether oxygens (including phenoxy) is 1. The van der Waals surface area contributed by atoms with Crippen molar-refractivity contribution in [2.75, 3.05) is 13.1 Å². The zero-order valence-electron chi connectivity index (χ0n) is 12.4. The van der Waals surface area contributed by atoms with Gasteiger partial charge in [-0.25, -0.2) is 4.79 Å². The molecular weight excluding hydrogens is 272 g/mol. The van der Waals surface area contributed by atoms with Crippen LogP contribution in [0.3, 0.4) is 0 Å². The Labute approximate surface area is 123 Å². The van der Waals surface area contributed by atoms with Crippen LogP contribution in [0.5, 0.6) is 0 Å². The lowest BCUT2D eigenvalue weighted by atomic mass is 9.83. The van der Waals surface area contributed by atoms with Crippen LogP contribution in [-0.2, 0) is 4.74 Å². The minimum absolute atomic E-state index is 0.0337. The molecule has 6 nitrogen and oxygen atoms in total. The van der Waals surface area contributed by atoms with Gasteiger partial charge in [0.15, 0.2) is 0 Å². The first-order valence-corrected chi connectivity index (χ1v) is 7.19. The summed E-state index contributed by atoms with van der Waals surface area (Å²) in [6.45, 7) is 5.99. The highest BCUT2D eigenvalue weighted by Gasteiger charge is 2.35. The predicted molar refractivity (Wildman–Crippen MR) is 77.0 cm³/mol. The number of nitro groups is 1. The van der Waals surface area contributed by atoms with E-state index in [1.165, 1.54) is 24.3 Å². The Morgan fingerprint density at radius 3 is 2.38 bits per heavy atom. The molecule has 1 aliphatic rings. The summed E-state index contributed by atoms with van der Waals surface area (Å²) in [6.07, 6.45) is 2.06. The largest absolute Gasteiger partial charge is 0.456 e. The third-order valence-electron chi connectivity index (χ3n) is 4.09. The smallest absolute Gasteiger partial charge is 0.338 e. The van der Waals surface area contributed by atoms with Crippen molar-refractivity contribution in [1.29, 1.82) is 0 Å². The molecule has 1 saturated heterocycles. The fraction of sp³-hybridized carbons (Fsp3) is 0.533. The third kappa shape index (κ3) is 3.78. The topological polar surface area (TPSA) is 86.0 Å². The molecule has 0 saturated carbocycles. The van der Waals surface area contributed by atoms with E-state index in [4.69, 9.17) is 4.74 Å². The molecule has 1 aromatic carbocycles. The number of piperidine rings is 1. The summed E-state index contributed by atoms with van der Waals surface area (Å²) in [6, 6.07) is 5.51. The second-order valence-electron chi connectivity index (χ2n) is 5.94. The van der Waals surface area contributed by atoms with Crippen LogP contribution < -0.4 is 5.32 Å². The Bertz CT molecular complexity index is 519. The van der Waals surface area contributed by atoms with Crippen molar-refractivity contribution in [2.45, 2.75) is 32.3 Å². The number of carbonyl (C=O) groups is 1. The molecule has 0 atom stereocenters. The standard InChI is InChI=1S/C15H20N2O4/c1-15(2,12-7-9-16-10-8-12)21-14(18)11-3-5-13(6-4-11)17(19)20/h3-6,12,16H,7-10H2,1-2H3/p+1. The van der Waals surface area contributed by atoms with Gasteiger partial charge in [0.25, 0.3) is 5.69 Å². The molecule has 1 heterocycles. The maximum absolute atomic E-state index is 12.2. The first-order chi connectivity index (χ1) is 9.90. The minimum atomic E-state index is -0.521. The van der Waals surface area contributed by atoms with E-state index >= 15 is 0 Å². The number of non-ortho nitro benzene ring substituents is 1. The Morgan fingerprint density at radius 2 is 1.86 bits per heavy atom. The van der Waals surface area contributed by atoms with Crippen molar-refractivity contribution in [3.63, 3.8) is 0 Å². The van der Waals surface area contributed by atoms with Crippen molar-refractivity contribution >= 4 is 11.7 Å². The van der Waals surface area contributed by atoms with Crippen molar-refractivity contribution in [3.8, 4) is 0 Å². The van der Waals surface area contributed by atoms with E-state index in [1.807, 2.05) is 13.8 Å². The molecule has 0 amide bonds. The highest BCUT2D eigenvalue weighted by Crippen LogP contribution is 2.29. The molecule has 0 bridgehead atoms. The molecule has 0 spiro atoms. The normalized spacial score (nSPS) is 16.5. The molecule has 0 unspecified atom stereocenters. The number of hydrogen-bond donors (Lipinski definition) is 1. The van der Waals surface area contributed by atoms with Crippen LogP contribution in [0.25, 0.3) is 0 Å². The van der Waals surface area contributed by atoms with E-state index in [1.54, 1.807) is 0 Å². The Kier molecular flexibility index (Phi) is 4.57. The van der Waals surface area contributed by atoms with Gasteiger partial charge in [-0.2, -0.15) is 0 Å². The SMILES string of the molecule is CC(C)(OC(=O)c1ccc([N+](=O)[O-])cc1)C1CC[NH2+]CC1. The van der Waals surface area contributed by atoms with Crippen LogP contribution in [0, 0.1) is 16.0 Å². The first kappa shape index (κ1) is 15.4. The number of nitro benzene ring substituents is 1. The van der Waals surface area contributed by atoms with Crippen LogP contribution in [0.1, 0.15) is 37.0 Å². The first-order valence-electron chi connectivity index (χ1n) is 7.19. The zero-order chi connectivity index (χ0) is 15.5. The lowest BCUT2D eigenvalue weighted by molar-refractivity contribution is -0.665. The van der Waals surface area contributed by atoms with Gasteiger partial charge < -0.3 is 10.1 Å². The van der Waals surface area contributed by atoms with Crippen molar-refractivity contribution < 1.29 is 19.8 Å². The van der Waals surface area contributed by atoms with Gasteiger partial charge in [-0.1, -0.05) is 0 Å². The molecule has 2 N–H and O–H groups in total. The van der Waals surface area contributed by atoms with E-state index in [0.29, 0.717) is 11.5 Å². The average Bonchev–Trinajstić information content (AvgIpc) is 2.48. The number of rotatable bonds is 4. The number of carbonyl (C=O) groups excluding carboxylic acids is 1. The number of benzene rings is 1. The maximum atomic E-state index is 12.2. The predicted octanol–water partition coefficient (Wildman–Crippen LogP) is 1.50. The zero-order valence-corrected chi connectivity index (χ0v) is 12.4. The second kappa shape index (κ2) is 6.22. The van der Waals surface area contributed by atoms with E-state index in [-0.39, 0.29) is 5.69 Å². The lowest BCUT2D eigenvalue weighted by Gasteiger charge is -2.35. The molecule has 2 rings (SSSR count). The summed E-state index contributed by atoms with van der Waals surface area (Å²) in [5, 5.41) is 12.9. The molecule has 0 aliphatic carbocycles. The Balaban J connectivity index is 2.04. The highest BCUT2D eigenvalue weighted by atomic mass is 16.6. The molecule has 114 valence electrons. The third-order valence-corrected chi connectivity index (χ3v) is 4.09. The van der Waals surface area contributed by atoms with Crippen molar-refractivity contribution in [2.24, 2.45) is 5.92 Å². The number of nitrogens with zero attached hydrogens (tertiary/aromatic N) is 1. The second-order valence-corrected chi connectivity index (χ2v) is 5.94. The molecule has 0 radical (unpaired) electrons. The number of quaternary nitrogens is 1. The van der Waals surface area contributed by atoms with Crippen molar-refractivity contribution in [3.05, 3.63) is 39.9 Å². The summed E-state index contributed by atoms with van der Waals surface area (Å²) in [7, 11) is 0. The molecule has 1 fully saturated rings. The summed E-state index contributed by atoms with van der Waals surface area (Å²) < 4.78 is 5.64. The average molecular weight is 293 g/mol. The lowest BCUT2D eigenvalue weighted by Crippen LogP contribution is -2.86. The molecule has 0 aromatic heterocycles. The van der Waals surface area contributed by atoms with Gasteiger partial charge in [0.1, 0.15) is 5.60 Å². The van der Waals surface area contributed by atoms with Gasteiger partial charge in [-0.3, -0.25) is 10.1 Å². The molecule has 1 aromatic rings. The monoisotopic (exact) mass is 293 g/mol. The van der Waals surface area contributed by atoms with Gasteiger partial charge >= 0.3 is 5.97 Å². The van der Waals surface area contributed by atoms with E-state index < -0.39 is 16.5 Å². The quantitative estimate of drug-likeness (QED) is 0.518. The number of hydrogen-bond acceptors (Lipinski definition) is 4. The summed E-state index contributed by atoms with van der Waals surface area (Å²) >= 11 is 0. The number of nitrogens with two attached hydrogens (primary N) is 1. The van der Waals surface area contributed by atoms with Crippen LogP contribution in [0.4, 0.5) is 5.69 Å². The van der Waals surface area contributed by atoms with E-state index in [9.17, 15) is 14.9 Å². The fourth-order valence-electron chi connectivity index (χ4n) is 2.72. The maximum Gasteiger partial charge on any atom is 0.338 e. The minimum Gasteiger partial charge on any atom is -0.456 e. The highest BCUT2D eigenvalue weighted by molar-refractivity contribution is 5.89. The van der Waals surface area contributed by atoms with Crippen LogP contribution in [0.2, 0.25) is 0 Å². The summed E-state index contributed by atoms with van der Waals surface area (Å²) in [5.41, 5.74) is -0.211.